The number of nitrogens with one attached hydrogen (secondary N) is 1. The highest BCUT2D eigenvalue weighted by Crippen LogP contribution is 2.29. The lowest BCUT2D eigenvalue weighted by molar-refractivity contribution is -0.152. The zero-order chi connectivity index (χ0) is 20.6. The Morgan fingerprint density at radius 1 is 1.10 bits per heavy atom. The summed E-state index contributed by atoms with van der Waals surface area (Å²) >= 11 is 0. The minimum absolute atomic E-state index is 0.0971. The van der Waals surface area contributed by atoms with Gasteiger partial charge in [-0.1, -0.05) is 55.5 Å². The molecular formula is C23H26N2O4. The minimum Gasteiger partial charge on any atom is -0.455 e. The molecule has 0 unspecified atom stereocenters. The molecule has 152 valence electrons. The number of ether oxygens (including phenoxy) is 1. The molecule has 1 aliphatic rings. The van der Waals surface area contributed by atoms with Crippen LogP contribution in [0.5, 0.6) is 0 Å². The minimum atomic E-state index is -0.551. The number of carbonyl (C=O) groups is 3. The first-order valence-corrected chi connectivity index (χ1v) is 9.94. The predicted octanol–water partition coefficient (Wildman–Crippen LogP) is 2.50. The van der Waals surface area contributed by atoms with Crippen LogP contribution >= 0.6 is 0 Å². The van der Waals surface area contributed by atoms with Crippen molar-refractivity contribution in [2.75, 3.05) is 24.6 Å². The Morgan fingerprint density at radius 3 is 2.59 bits per heavy atom. The molecule has 6 heteroatoms. The van der Waals surface area contributed by atoms with Crippen LogP contribution in [0.4, 0.5) is 5.69 Å². The number of benzene rings is 2. The van der Waals surface area contributed by atoms with E-state index in [4.69, 9.17) is 4.74 Å². The van der Waals surface area contributed by atoms with Crippen molar-refractivity contribution in [3.05, 3.63) is 65.7 Å². The summed E-state index contributed by atoms with van der Waals surface area (Å²) in [4.78, 5) is 38.3. The van der Waals surface area contributed by atoms with Gasteiger partial charge in [0.25, 0.3) is 5.91 Å². The number of esters is 1. The van der Waals surface area contributed by atoms with E-state index in [-0.39, 0.29) is 31.4 Å². The summed E-state index contributed by atoms with van der Waals surface area (Å²) in [5.74, 6) is -1.50. The lowest BCUT2D eigenvalue weighted by Crippen LogP contribution is -2.32. The third-order valence-electron chi connectivity index (χ3n) is 5.05. The van der Waals surface area contributed by atoms with Gasteiger partial charge in [-0.2, -0.15) is 0 Å². The number of hydrogen-bond acceptors (Lipinski definition) is 4. The van der Waals surface area contributed by atoms with Gasteiger partial charge < -0.3 is 15.0 Å². The smallest absolute Gasteiger partial charge is 0.311 e. The van der Waals surface area contributed by atoms with E-state index in [1.165, 1.54) is 0 Å². The zero-order valence-electron chi connectivity index (χ0n) is 16.6. The van der Waals surface area contributed by atoms with Crippen LogP contribution in [0.25, 0.3) is 0 Å². The summed E-state index contributed by atoms with van der Waals surface area (Å²) in [7, 11) is 0. The molecule has 0 aromatic heterocycles. The fourth-order valence-electron chi connectivity index (χ4n) is 3.47. The molecule has 0 saturated carbocycles. The van der Waals surface area contributed by atoms with E-state index in [1.807, 2.05) is 61.5 Å². The van der Waals surface area contributed by atoms with Crippen molar-refractivity contribution in [3.63, 3.8) is 0 Å². The second-order valence-electron chi connectivity index (χ2n) is 7.08. The molecule has 0 bridgehead atoms. The fraction of sp³-hybridized carbons (Fsp3) is 0.348. The number of hydrogen-bond donors (Lipinski definition) is 1. The Bertz CT molecular complexity index is 866. The lowest BCUT2D eigenvalue weighted by atomic mass is 10.1. The molecule has 1 N–H and O–H groups in total. The lowest BCUT2D eigenvalue weighted by Gasteiger charge is -2.19. The first-order valence-electron chi connectivity index (χ1n) is 9.94. The maximum absolute atomic E-state index is 12.4. The van der Waals surface area contributed by atoms with Crippen LogP contribution in [-0.2, 0) is 32.0 Å². The predicted molar refractivity (Wildman–Crippen MR) is 110 cm³/mol. The number of nitrogens with zero attached hydrogens (tertiary/aromatic N) is 1. The first kappa shape index (κ1) is 20.6. The van der Waals surface area contributed by atoms with Crippen molar-refractivity contribution in [3.8, 4) is 0 Å². The van der Waals surface area contributed by atoms with Gasteiger partial charge in [0.05, 0.1) is 5.92 Å². The number of amides is 2. The summed E-state index contributed by atoms with van der Waals surface area (Å²) < 4.78 is 5.15. The Hall–Kier alpha value is -3.15. The standard InChI is InChI=1S/C23H26N2O4/c1-2-18-10-6-7-11-20(18)25-15-19(14-22(25)27)23(28)29-16-21(26)24-13-12-17-8-4-3-5-9-17/h3-11,19H,2,12-16H2,1H3,(H,24,26)/t19-/m0/s1. The van der Waals surface area contributed by atoms with Gasteiger partial charge in [0, 0.05) is 25.2 Å². The van der Waals surface area contributed by atoms with Gasteiger partial charge in [-0.25, -0.2) is 0 Å². The molecule has 29 heavy (non-hydrogen) atoms. The Morgan fingerprint density at radius 2 is 1.83 bits per heavy atom. The second-order valence-corrected chi connectivity index (χ2v) is 7.08. The average Bonchev–Trinajstić information content (AvgIpc) is 3.14. The van der Waals surface area contributed by atoms with E-state index in [0.717, 1.165) is 23.2 Å². The van der Waals surface area contributed by atoms with Crippen LogP contribution in [0, 0.1) is 5.92 Å². The quantitative estimate of drug-likeness (QED) is 0.698. The van der Waals surface area contributed by atoms with E-state index < -0.39 is 11.9 Å². The molecule has 2 aromatic rings. The molecular weight excluding hydrogens is 368 g/mol. The number of rotatable bonds is 8. The molecule has 1 saturated heterocycles. The molecule has 1 aliphatic heterocycles. The van der Waals surface area contributed by atoms with E-state index in [9.17, 15) is 14.4 Å². The second kappa shape index (κ2) is 9.87. The van der Waals surface area contributed by atoms with Crippen LogP contribution < -0.4 is 10.2 Å². The van der Waals surface area contributed by atoms with Gasteiger partial charge in [-0.05, 0) is 30.0 Å². The monoisotopic (exact) mass is 394 g/mol. The molecule has 1 heterocycles. The highest BCUT2D eigenvalue weighted by Gasteiger charge is 2.36. The number of para-hydroxylation sites is 1. The van der Waals surface area contributed by atoms with Gasteiger partial charge in [-0.15, -0.1) is 0 Å². The largest absolute Gasteiger partial charge is 0.455 e. The fourth-order valence-corrected chi connectivity index (χ4v) is 3.47. The number of anilines is 1. The van der Waals surface area contributed by atoms with Crippen molar-refractivity contribution >= 4 is 23.5 Å². The summed E-state index contributed by atoms with van der Waals surface area (Å²) in [5, 5.41) is 2.74. The highest BCUT2D eigenvalue weighted by atomic mass is 16.5. The summed E-state index contributed by atoms with van der Waals surface area (Å²) in [6.07, 6.45) is 1.62. The van der Waals surface area contributed by atoms with E-state index >= 15 is 0 Å². The summed E-state index contributed by atoms with van der Waals surface area (Å²) in [5.41, 5.74) is 3.03. The average molecular weight is 394 g/mol. The molecule has 0 aliphatic carbocycles. The van der Waals surface area contributed by atoms with E-state index in [2.05, 4.69) is 5.32 Å². The van der Waals surface area contributed by atoms with Crippen molar-refractivity contribution in [1.82, 2.24) is 5.32 Å². The molecule has 3 rings (SSSR count). The molecule has 0 spiro atoms. The number of aryl methyl sites for hydroxylation is 1. The molecule has 0 radical (unpaired) electrons. The molecule has 6 nitrogen and oxygen atoms in total. The van der Waals surface area contributed by atoms with Gasteiger partial charge in [0.2, 0.25) is 5.91 Å². The summed E-state index contributed by atoms with van der Waals surface area (Å²) in [6, 6.07) is 17.5. The van der Waals surface area contributed by atoms with Crippen molar-refractivity contribution in [1.29, 1.82) is 0 Å². The van der Waals surface area contributed by atoms with Crippen molar-refractivity contribution in [2.24, 2.45) is 5.92 Å². The Labute approximate surface area is 170 Å². The molecule has 1 atom stereocenters. The SMILES string of the molecule is CCc1ccccc1N1C[C@@H](C(=O)OCC(=O)NCCc2ccccc2)CC1=O. The highest BCUT2D eigenvalue weighted by molar-refractivity contribution is 6.00. The van der Waals surface area contributed by atoms with Crippen LogP contribution in [0.1, 0.15) is 24.5 Å². The van der Waals surface area contributed by atoms with Crippen LogP contribution in [0.3, 0.4) is 0 Å². The topological polar surface area (TPSA) is 75.7 Å². The van der Waals surface area contributed by atoms with E-state index in [1.54, 1.807) is 4.90 Å². The zero-order valence-corrected chi connectivity index (χ0v) is 16.6. The van der Waals surface area contributed by atoms with E-state index in [0.29, 0.717) is 13.0 Å². The Balaban J connectivity index is 1.45. The van der Waals surface area contributed by atoms with Crippen LogP contribution in [-0.4, -0.2) is 37.5 Å². The van der Waals surface area contributed by atoms with Gasteiger partial charge >= 0.3 is 5.97 Å². The van der Waals surface area contributed by atoms with Crippen molar-refractivity contribution < 1.29 is 19.1 Å². The maximum Gasteiger partial charge on any atom is 0.311 e. The summed E-state index contributed by atoms with van der Waals surface area (Å²) in [6.45, 7) is 2.46. The van der Waals surface area contributed by atoms with Crippen LogP contribution in [0.15, 0.2) is 54.6 Å². The maximum atomic E-state index is 12.4. The third-order valence-corrected chi connectivity index (χ3v) is 5.05. The van der Waals surface area contributed by atoms with Gasteiger partial charge in [-0.3, -0.25) is 14.4 Å². The first-order chi connectivity index (χ1) is 14.1. The van der Waals surface area contributed by atoms with Gasteiger partial charge in [0.15, 0.2) is 6.61 Å². The van der Waals surface area contributed by atoms with Crippen molar-refractivity contribution in [2.45, 2.75) is 26.2 Å². The molecule has 1 fully saturated rings. The van der Waals surface area contributed by atoms with Gasteiger partial charge in [0.1, 0.15) is 0 Å². The molecule has 2 aromatic carbocycles. The third kappa shape index (κ3) is 5.44. The number of carbonyl (C=O) groups excluding carboxylic acids is 3. The Kier molecular flexibility index (Phi) is 7.00. The normalized spacial score (nSPS) is 16.0. The van der Waals surface area contributed by atoms with Crippen LogP contribution in [0.2, 0.25) is 0 Å². The molecule has 2 amide bonds.